The highest BCUT2D eigenvalue weighted by atomic mass is 19.3. The summed E-state index contributed by atoms with van der Waals surface area (Å²) in [4.78, 5) is 12.9. The smallest absolute Gasteiger partial charge is 0.428 e. The first-order valence-corrected chi connectivity index (χ1v) is 9.26. The molecule has 0 saturated carbocycles. The summed E-state index contributed by atoms with van der Waals surface area (Å²) in [5.74, 6) is -2.10. The van der Waals surface area contributed by atoms with Crippen molar-refractivity contribution in [1.29, 1.82) is 0 Å². The first-order valence-electron chi connectivity index (χ1n) is 9.26. The fourth-order valence-corrected chi connectivity index (χ4v) is 3.37. The SMILES string of the molecule is C[C@@H](n1cnn(-c2ccc(OC(F)(F)C(F)F)cc2)c1=O)[C@@]1(c2ccc(F)cc2F)CO1. The van der Waals surface area contributed by atoms with Gasteiger partial charge in [-0.05, 0) is 37.3 Å². The Labute approximate surface area is 176 Å². The van der Waals surface area contributed by atoms with Crippen LogP contribution in [-0.2, 0) is 10.3 Å². The fraction of sp³-hybridized carbons (Fsp3) is 0.300. The van der Waals surface area contributed by atoms with Crippen LogP contribution in [0, 0.1) is 11.6 Å². The zero-order valence-corrected chi connectivity index (χ0v) is 16.3. The van der Waals surface area contributed by atoms with Gasteiger partial charge in [0, 0.05) is 11.6 Å². The molecule has 3 aromatic rings. The highest BCUT2D eigenvalue weighted by Crippen LogP contribution is 2.48. The average Bonchev–Trinajstić information content (AvgIpc) is 3.44. The number of alkyl halides is 4. The molecule has 0 unspecified atom stereocenters. The van der Waals surface area contributed by atoms with Gasteiger partial charge in [-0.25, -0.2) is 13.6 Å². The number of benzene rings is 2. The molecular weight excluding hydrogens is 444 g/mol. The van der Waals surface area contributed by atoms with Gasteiger partial charge < -0.3 is 9.47 Å². The molecule has 1 aliphatic heterocycles. The van der Waals surface area contributed by atoms with Crippen molar-refractivity contribution < 1.29 is 35.8 Å². The third kappa shape index (κ3) is 3.74. The second kappa shape index (κ2) is 7.69. The summed E-state index contributed by atoms with van der Waals surface area (Å²) in [6.45, 7) is 1.70. The lowest BCUT2D eigenvalue weighted by molar-refractivity contribution is -0.253. The molecule has 0 N–H and O–H groups in total. The molecule has 0 spiro atoms. The van der Waals surface area contributed by atoms with Crippen LogP contribution in [0.15, 0.2) is 53.6 Å². The lowest BCUT2D eigenvalue weighted by Gasteiger charge is -2.21. The Morgan fingerprint density at radius 2 is 1.81 bits per heavy atom. The number of nitrogens with zero attached hydrogens (tertiary/aromatic N) is 3. The molecule has 2 atom stereocenters. The number of halogens is 6. The minimum Gasteiger partial charge on any atom is -0.428 e. The van der Waals surface area contributed by atoms with E-state index in [4.69, 9.17) is 4.74 Å². The van der Waals surface area contributed by atoms with Crippen molar-refractivity contribution in [3.8, 4) is 11.4 Å². The summed E-state index contributed by atoms with van der Waals surface area (Å²) in [5, 5.41) is 3.96. The van der Waals surface area contributed by atoms with Gasteiger partial charge in [0.2, 0.25) is 0 Å². The molecule has 0 radical (unpaired) electrons. The normalized spacial score (nSPS) is 19.2. The van der Waals surface area contributed by atoms with Gasteiger partial charge in [0.15, 0.2) is 0 Å². The summed E-state index contributed by atoms with van der Waals surface area (Å²) in [6, 6.07) is 6.67. The molecule has 0 amide bonds. The van der Waals surface area contributed by atoms with Crippen LogP contribution < -0.4 is 10.4 Å². The molecule has 1 saturated heterocycles. The second-order valence-electron chi connectivity index (χ2n) is 7.17. The highest BCUT2D eigenvalue weighted by molar-refractivity contribution is 5.37. The van der Waals surface area contributed by atoms with Crippen molar-refractivity contribution in [2.24, 2.45) is 0 Å². The Kier molecular flexibility index (Phi) is 5.27. The molecule has 1 fully saturated rings. The van der Waals surface area contributed by atoms with E-state index in [1.165, 1.54) is 29.1 Å². The van der Waals surface area contributed by atoms with E-state index in [2.05, 4.69) is 9.84 Å². The molecule has 12 heteroatoms. The third-order valence-electron chi connectivity index (χ3n) is 5.22. The first kappa shape index (κ1) is 21.9. The number of ether oxygens (including phenoxy) is 2. The van der Waals surface area contributed by atoms with Gasteiger partial charge in [0.05, 0.1) is 18.3 Å². The minimum atomic E-state index is -4.66. The van der Waals surface area contributed by atoms with E-state index in [0.717, 1.165) is 28.9 Å². The largest absolute Gasteiger partial charge is 0.461 e. The monoisotopic (exact) mass is 459 g/mol. The maximum atomic E-state index is 14.3. The van der Waals surface area contributed by atoms with Crippen LogP contribution >= 0.6 is 0 Å². The molecule has 1 aliphatic rings. The number of rotatable bonds is 7. The zero-order valence-electron chi connectivity index (χ0n) is 16.3. The van der Waals surface area contributed by atoms with E-state index in [-0.39, 0.29) is 17.9 Å². The van der Waals surface area contributed by atoms with E-state index in [9.17, 15) is 31.1 Å². The van der Waals surface area contributed by atoms with E-state index in [1.54, 1.807) is 6.92 Å². The number of hydrogen-bond acceptors (Lipinski definition) is 4. The summed E-state index contributed by atoms with van der Waals surface area (Å²) in [5.41, 5.74) is -1.60. The molecular formula is C20H15F6N3O3. The lowest BCUT2D eigenvalue weighted by Crippen LogP contribution is -2.33. The Morgan fingerprint density at radius 1 is 1.16 bits per heavy atom. The quantitative estimate of drug-likeness (QED) is 0.396. The van der Waals surface area contributed by atoms with Crippen LogP contribution in [0.4, 0.5) is 26.3 Å². The van der Waals surface area contributed by atoms with Crippen LogP contribution in [0.5, 0.6) is 5.75 Å². The van der Waals surface area contributed by atoms with Gasteiger partial charge in [-0.2, -0.15) is 27.3 Å². The van der Waals surface area contributed by atoms with Crippen molar-refractivity contribution in [2.75, 3.05) is 6.61 Å². The van der Waals surface area contributed by atoms with Crippen LogP contribution in [0.25, 0.3) is 5.69 Å². The van der Waals surface area contributed by atoms with Crippen molar-refractivity contribution >= 4 is 0 Å². The van der Waals surface area contributed by atoms with Crippen LogP contribution in [0.2, 0.25) is 0 Å². The maximum Gasteiger partial charge on any atom is 0.461 e. The molecule has 0 aliphatic carbocycles. The minimum absolute atomic E-state index is 0.0903. The van der Waals surface area contributed by atoms with Crippen LogP contribution in [-0.4, -0.2) is 33.5 Å². The first-order chi connectivity index (χ1) is 15.0. The number of epoxide rings is 1. The van der Waals surface area contributed by atoms with Crippen LogP contribution in [0.1, 0.15) is 18.5 Å². The molecule has 4 rings (SSSR count). The van der Waals surface area contributed by atoms with Gasteiger partial charge in [-0.3, -0.25) is 4.57 Å². The summed E-state index contributed by atoms with van der Waals surface area (Å²) < 4.78 is 89.7. The van der Waals surface area contributed by atoms with E-state index in [1.807, 2.05) is 0 Å². The third-order valence-corrected chi connectivity index (χ3v) is 5.22. The molecule has 2 heterocycles. The molecule has 170 valence electrons. The lowest BCUT2D eigenvalue weighted by atomic mass is 9.92. The molecule has 32 heavy (non-hydrogen) atoms. The predicted octanol–water partition coefficient (Wildman–Crippen LogP) is 4.04. The molecule has 6 nitrogen and oxygen atoms in total. The summed E-state index contributed by atoms with van der Waals surface area (Å²) in [6.07, 6.45) is -7.48. The number of hydrogen-bond donors (Lipinski definition) is 0. The van der Waals surface area contributed by atoms with Crippen molar-refractivity contribution in [2.45, 2.75) is 31.1 Å². The van der Waals surface area contributed by atoms with Gasteiger partial charge >= 0.3 is 18.2 Å². The summed E-state index contributed by atoms with van der Waals surface area (Å²) in [7, 11) is 0. The van der Waals surface area contributed by atoms with Gasteiger partial charge in [0.1, 0.15) is 29.3 Å². The predicted molar refractivity (Wildman–Crippen MR) is 98.1 cm³/mol. The zero-order chi connectivity index (χ0) is 23.3. The van der Waals surface area contributed by atoms with E-state index in [0.29, 0.717) is 0 Å². The molecule has 2 aromatic carbocycles. The van der Waals surface area contributed by atoms with Crippen molar-refractivity contribution in [3.05, 3.63) is 76.5 Å². The Bertz CT molecular complexity index is 1190. The molecule has 0 bridgehead atoms. The Hall–Kier alpha value is -3.28. The second-order valence-corrected chi connectivity index (χ2v) is 7.17. The standard InChI is InChI=1S/C20H15F6N3O3/c1-11(19(9-31-19)15-7-2-12(21)8-16(15)22)28-10-27-29(18(28)30)13-3-5-14(6-4-13)32-20(25,26)17(23)24/h2-8,10-11,17H,9H2,1H3/t11-,19-/m1/s1. The Balaban J connectivity index is 1.59. The van der Waals surface area contributed by atoms with Crippen LogP contribution in [0.3, 0.4) is 0 Å². The highest BCUT2D eigenvalue weighted by Gasteiger charge is 2.54. The van der Waals surface area contributed by atoms with Gasteiger partial charge in [-0.1, -0.05) is 6.07 Å². The Morgan fingerprint density at radius 3 is 2.38 bits per heavy atom. The average molecular weight is 459 g/mol. The van der Waals surface area contributed by atoms with E-state index >= 15 is 0 Å². The number of aromatic nitrogens is 3. The summed E-state index contributed by atoms with van der Waals surface area (Å²) >= 11 is 0. The van der Waals surface area contributed by atoms with Gasteiger partial charge in [0.25, 0.3) is 0 Å². The van der Waals surface area contributed by atoms with Crippen molar-refractivity contribution in [3.63, 3.8) is 0 Å². The maximum absolute atomic E-state index is 14.3. The van der Waals surface area contributed by atoms with Gasteiger partial charge in [-0.15, -0.1) is 0 Å². The molecule has 1 aromatic heterocycles. The fourth-order valence-electron chi connectivity index (χ4n) is 3.37. The van der Waals surface area contributed by atoms with E-state index < -0.39 is 47.3 Å². The van der Waals surface area contributed by atoms with Crippen molar-refractivity contribution in [1.82, 2.24) is 14.3 Å². The topological polar surface area (TPSA) is 61.6 Å².